The molecule has 1 N–H and O–H groups in total. The number of sulfone groups is 1. The first-order valence-electron chi connectivity index (χ1n) is 5.53. The SMILES string of the molecule is CNCc1ccc(N2CCS(=O)(=O)CC2)nn1. The highest BCUT2D eigenvalue weighted by molar-refractivity contribution is 7.91. The van der Waals surface area contributed by atoms with Crippen LogP contribution >= 0.6 is 0 Å². The quantitative estimate of drug-likeness (QED) is 0.780. The summed E-state index contributed by atoms with van der Waals surface area (Å²) in [6.07, 6.45) is 0. The molecule has 1 aliphatic heterocycles. The Hall–Kier alpha value is -1.21. The molecule has 1 saturated heterocycles. The zero-order valence-electron chi connectivity index (χ0n) is 9.76. The van der Waals surface area contributed by atoms with Gasteiger partial charge in [-0.05, 0) is 19.2 Å². The number of anilines is 1. The van der Waals surface area contributed by atoms with Crippen LogP contribution in [0.3, 0.4) is 0 Å². The second-order valence-electron chi connectivity index (χ2n) is 4.05. The first-order valence-corrected chi connectivity index (χ1v) is 7.35. The first kappa shape index (κ1) is 12.3. The van der Waals surface area contributed by atoms with Crippen molar-refractivity contribution in [3.63, 3.8) is 0 Å². The average Bonchev–Trinajstić information content (AvgIpc) is 2.31. The molecule has 0 amide bonds. The highest BCUT2D eigenvalue weighted by Crippen LogP contribution is 2.13. The Morgan fingerprint density at radius 3 is 2.53 bits per heavy atom. The molecule has 7 heteroatoms. The molecule has 0 spiro atoms. The number of nitrogens with one attached hydrogen (secondary N) is 1. The molecule has 0 aliphatic carbocycles. The van der Waals surface area contributed by atoms with Gasteiger partial charge in [-0.25, -0.2) is 8.42 Å². The smallest absolute Gasteiger partial charge is 0.153 e. The monoisotopic (exact) mass is 256 g/mol. The van der Waals surface area contributed by atoms with Crippen LogP contribution in [0.4, 0.5) is 5.82 Å². The molecule has 1 fully saturated rings. The van der Waals surface area contributed by atoms with E-state index in [0.717, 1.165) is 11.5 Å². The maximum absolute atomic E-state index is 11.3. The summed E-state index contributed by atoms with van der Waals surface area (Å²) in [5.41, 5.74) is 0.876. The summed E-state index contributed by atoms with van der Waals surface area (Å²) in [6.45, 7) is 1.69. The molecule has 1 aliphatic rings. The Balaban J connectivity index is 2.03. The molecule has 17 heavy (non-hydrogen) atoms. The van der Waals surface area contributed by atoms with Crippen molar-refractivity contribution in [1.82, 2.24) is 15.5 Å². The molecule has 94 valence electrons. The number of nitrogens with zero attached hydrogens (tertiary/aromatic N) is 3. The van der Waals surface area contributed by atoms with E-state index in [9.17, 15) is 8.42 Å². The van der Waals surface area contributed by atoms with Crippen molar-refractivity contribution in [3.8, 4) is 0 Å². The molecular formula is C10H16N4O2S. The molecule has 0 radical (unpaired) electrons. The lowest BCUT2D eigenvalue weighted by atomic mass is 10.3. The van der Waals surface area contributed by atoms with E-state index in [-0.39, 0.29) is 11.5 Å². The zero-order valence-corrected chi connectivity index (χ0v) is 10.6. The molecule has 0 bridgehead atoms. The van der Waals surface area contributed by atoms with Gasteiger partial charge in [0.1, 0.15) is 0 Å². The van der Waals surface area contributed by atoms with E-state index in [0.29, 0.717) is 19.6 Å². The Kier molecular flexibility index (Phi) is 3.58. The molecule has 0 atom stereocenters. The van der Waals surface area contributed by atoms with Gasteiger partial charge in [-0.2, -0.15) is 5.10 Å². The molecular weight excluding hydrogens is 240 g/mol. The Morgan fingerprint density at radius 2 is 2.00 bits per heavy atom. The van der Waals surface area contributed by atoms with Crippen LogP contribution in [-0.4, -0.2) is 50.3 Å². The van der Waals surface area contributed by atoms with Crippen molar-refractivity contribution >= 4 is 15.7 Å². The summed E-state index contributed by atoms with van der Waals surface area (Å²) in [7, 11) is -0.988. The van der Waals surface area contributed by atoms with Crippen LogP contribution in [0.1, 0.15) is 5.69 Å². The van der Waals surface area contributed by atoms with Crippen molar-refractivity contribution in [2.45, 2.75) is 6.54 Å². The summed E-state index contributed by atoms with van der Waals surface area (Å²) >= 11 is 0. The lowest BCUT2D eigenvalue weighted by molar-refractivity contribution is 0.586. The van der Waals surface area contributed by atoms with E-state index in [1.807, 2.05) is 24.1 Å². The van der Waals surface area contributed by atoms with E-state index < -0.39 is 9.84 Å². The van der Waals surface area contributed by atoms with Gasteiger partial charge < -0.3 is 10.2 Å². The third-order valence-electron chi connectivity index (χ3n) is 2.73. The average molecular weight is 256 g/mol. The van der Waals surface area contributed by atoms with Gasteiger partial charge in [0.2, 0.25) is 0 Å². The van der Waals surface area contributed by atoms with Crippen molar-refractivity contribution in [2.75, 3.05) is 36.5 Å². The normalized spacial score (nSPS) is 19.2. The van der Waals surface area contributed by atoms with E-state index in [1.165, 1.54) is 0 Å². The highest BCUT2D eigenvalue weighted by Gasteiger charge is 2.22. The van der Waals surface area contributed by atoms with Gasteiger partial charge in [0.05, 0.1) is 17.2 Å². The largest absolute Gasteiger partial charge is 0.353 e. The Bertz CT molecular complexity index is 458. The third kappa shape index (κ3) is 3.13. The predicted molar refractivity (Wildman–Crippen MR) is 65.7 cm³/mol. The van der Waals surface area contributed by atoms with Gasteiger partial charge in [-0.1, -0.05) is 0 Å². The van der Waals surface area contributed by atoms with Gasteiger partial charge in [0.15, 0.2) is 15.7 Å². The van der Waals surface area contributed by atoms with Crippen molar-refractivity contribution in [3.05, 3.63) is 17.8 Å². The molecule has 0 saturated carbocycles. The van der Waals surface area contributed by atoms with Crippen molar-refractivity contribution < 1.29 is 8.42 Å². The Labute approximate surface area is 101 Å². The van der Waals surface area contributed by atoms with E-state index in [2.05, 4.69) is 15.5 Å². The molecule has 2 rings (SSSR count). The maximum Gasteiger partial charge on any atom is 0.153 e. The van der Waals surface area contributed by atoms with Crippen LogP contribution < -0.4 is 10.2 Å². The topological polar surface area (TPSA) is 75.2 Å². The molecule has 0 aromatic carbocycles. The van der Waals surface area contributed by atoms with Crippen molar-refractivity contribution in [1.29, 1.82) is 0 Å². The van der Waals surface area contributed by atoms with Gasteiger partial charge in [0.25, 0.3) is 0 Å². The number of aromatic nitrogens is 2. The maximum atomic E-state index is 11.3. The minimum absolute atomic E-state index is 0.201. The first-order chi connectivity index (χ1) is 8.11. The molecule has 1 aromatic heterocycles. The third-order valence-corrected chi connectivity index (χ3v) is 4.34. The highest BCUT2D eigenvalue weighted by atomic mass is 32.2. The molecule has 6 nitrogen and oxygen atoms in total. The minimum atomic E-state index is -2.84. The van der Waals surface area contributed by atoms with Gasteiger partial charge >= 0.3 is 0 Å². The summed E-state index contributed by atoms with van der Waals surface area (Å²) in [5.74, 6) is 1.15. The van der Waals surface area contributed by atoms with E-state index >= 15 is 0 Å². The number of rotatable bonds is 3. The molecule has 0 unspecified atom stereocenters. The standard InChI is InChI=1S/C10H16N4O2S/c1-11-8-9-2-3-10(13-12-9)14-4-6-17(15,16)7-5-14/h2-3,11H,4-8H2,1H3. The lowest BCUT2D eigenvalue weighted by Gasteiger charge is -2.27. The lowest BCUT2D eigenvalue weighted by Crippen LogP contribution is -2.40. The fourth-order valence-electron chi connectivity index (χ4n) is 1.74. The van der Waals surface area contributed by atoms with Crippen molar-refractivity contribution in [2.24, 2.45) is 0 Å². The second kappa shape index (κ2) is 4.97. The van der Waals surface area contributed by atoms with Crippen LogP contribution in [0.15, 0.2) is 12.1 Å². The van der Waals surface area contributed by atoms with Crippen LogP contribution in [0, 0.1) is 0 Å². The summed E-state index contributed by atoms with van der Waals surface area (Å²) in [4.78, 5) is 1.96. The van der Waals surface area contributed by atoms with Gasteiger partial charge in [0, 0.05) is 19.6 Å². The molecule has 2 heterocycles. The van der Waals surface area contributed by atoms with Gasteiger partial charge in [-0.15, -0.1) is 5.10 Å². The molecule has 1 aromatic rings. The van der Waals surface area contributed by atoms with E-state index in [1.54, 1.807) is 0 Å². The van der Waals surface area contributed by atoms with Crippen LogP contribution in [0.25, 0.3) is 0 Å². The van der Waals surface area contributed by atoms with Crippen LogP contribution in [0.5, 0.6) is 0 Å². The predicted octanol–water partition coefficient (Wildman–Crippen LogP) is -0.569. The van der Waals surface area contributed by atoms with Crippen LogP contribution in [0.2, 0.25) is 0 Å². The van der Waals surface area contributed by atoms with Crippen LogP contribution in [-0.2, 0) is 16.4 Å². The van der Waals surface area contributed by atoms with Gasteiger partial charge in [-0.3, -0.25) is 0 Å². The fourth-order valence-corrected chi connectivity index (χ4v) is 2.94. The summed E-state index contributed by atoms with van der Waals surface area (Å²) in [5, 5.41) is 11.2. The van der Waals surface area contributed by atoms with E-state index in [4.69, 9.17) is 0 Å². The minimum Gasteiger partial charge on any atom is -0.353 e. The Morgan fingerprint density at radius 1 is 1.29 bits per heavy atom. The second-order valence-corrected chi connectivity index (χ2v) is 6.36. The summed E-state index contributed by atoms with van der Waals surface area (Å²) < 4.78 is 22.6. The number of hydrogen-bond donors (Lipinski definition) is 1. The zero-order chi connectivity index (χ0) is 12.3. The fraction of sp³-hybridized carbons (Fsp3) is 0.600. The number of hydrogen-bond acceptors (Lipinski definition) is 6. The summed E-state index contributed by atoms with van der Waals surface area (Å²) in [6, 6.07) is 3.79.